The van der Waals surface area contributed by atoms with Crippen molar-refractivity contribution in [3.8, 4) is 11.5 Å². The van der Waals surface area contributed by atoms with E-state index in [-0.39, 0.29) is 36.7 Å². The summed E-state index contributed by atoms with van der Waals surface area (Å²) < 4.78 is 26.9. The Bertz CT molecular complexity index is 959. The van der Waals surface area contributed by atoms with E-state index in [1.807, 2.05) is 30.3 Å². The maximum Gasteiger partial charge on any atom is 0.189 e. The Morgan fingerprint density at radius 2 is 2.07 bits per heavy atom. The number of hydrogen-bond donors (Lipinski definition) is 0. The number of carbonyl (C=O) groups excluding carboxylic acids is 1. The number of halogens is 1. The van der Waals surface area contributed by atoms with Gasteiger partial charge in [-0.15, -0.1) is 5.10 Å². The quantitative estimate of drug-likeness (QED) is 0.665. The zero-order valence-corrected chi connectivity index (χ0v) is 14.5. The van der Waals surface area contributed by atoms with Gasteiger partial charge in [0.1, 0.15) is 12.4 Å². The molecule has 138 valence electrons. The minimum absolute atomic E-state index is 0.000981. The van der Waals surface area contributed by atoms with Crippen molar-refractivity contribution in [3.63, 3.8) is 0 Å². The summed E-state index contributed by atoms with van der Waals surface area (Å²) in [4.78, 5) is 11.8. The number of fused-ring (bicyclic) bond motifs is 1. The predicted octanol–water partition coefficient (Wildman–Crippen LogP) is 2.60. The van der Waals surface area contributed by atoms with Crippen molar-refractivity contribution < 1.29 is 18.7 Å². The molecule has 0 amide bonds. The number of Topliss-reactive ketones (excluding diaryl/α,β-unsaturated/α-hetero) is 1. The van der Waals surface area contributed by atoms with Crippen LogP contribution in [0.15, 0.2) is 42.5 Å². The minimum atomic E-state index is -0.615. The van der Waals surface area contributed by atoms with Crippen molar-refractivity contribution in [2.24, 2.45) is 0 Å². The van der Waals surface area contributed by atoms with E-state index in [0.29, 0.717) is 18.1 Å². The van der Waals surface area contributed by atoms with Gasteiger partial charge in [-0.25, -0.2) is 9.07 Å². The maximum atomic E-state index is 14.3. The first-order valence-corrected chi connectivity index (χ1v) is 8.62. The summed E-state index contributed by atoms with van der Waals surface area (Å²) in [5.41, 5.74) is 1.42. The smallest absolute Gasteiger partial charge is 0.189 e. The number of ether oxygens (including phenoxy) is 2. The fourth-order valence-electron chi connectivity index (χ4n) is 2.89. The predicted molar refractivity (Wildman–Crippen MR) is 93.1 cm³/mol. The van der Waals surface area contributed by atoms with Gasteiger partial charge in [0.2, 0.25) is 0 Å². The zero-order valence-electron chi connectivity index (χ0n) is 14.5. The number of benzene rings is 2. The van der Waals surface area contributed by atoms with Crippen molar-refractivity contribution in [2.45, 2.75) is 26.0 Å². The molecule has 0 fully saturated rings. The number of aryl methyl sites for hydroxylation is 2. The standard InChI is InChI=1S/C19H17FN4O3/c20-15-10-14-16(25)7-9-26-17(14)11-18(15)27-12-19-21-22-23-24(19)8-6-13-4-2-1-3-5-13/h1-5,10-11H,6-9,12H2. The van der Waals surface area contributed by atoms with Crippen LogP contribution in [-0.4, -0.2) is 32.6 Å². The average molecular weight is 368 g/mol. The summed E-state index contributed by atoms with van der Waals surface area (Å²) in [6.07, 6.45) is 1.02. The van der Waals surface area contributed by atoms with E-state index in [2.05, 4.69) is 15.5 Å². The molecule has 4 rings (SSSR count). The lowest BCUT2D eigenvalue weighted by Gasteiger charge is -2.17. The Labute approximate surface area is 154 Å². The molecular formula is C19H17FN4O3. The fourth-order valence-corrected chi connectivity index (χ4v) is 2.89. The molecule has 1 aromatic heterocycles. The molecule has 0 saturated heterocycles. The number of nitrogens with zero attached hydrogens (tertiary/aromatic N) is 4. The molecule has 0 aliphatic carbocycles. The number of aromatic nitrogens is 4. The summed E-state index contributed by atoms with van der Waals surface area (Å²) >= 11 is 0. The summed E-state index contributed by atoms with van der Waals surface area (Å²) in [6, 6.07) is 12.5. The molecule has 0 N–H and O–H groups in total. The van der Waals surface area contributed by atoms with Gasteiger partial charge in [-0.2, -0.15) is 0 Å². The molecule has 27 heavy (non-hydrogen) atoms. The second-order valence-corrected chi connectivity index (χ2v) is 6.14. The zero-order chi connectivity index (χ0) is 18.6. The van der Waals surface area contributed by atoms with E-state index in [1.165, 1.54) is 11.6 Å². The molecule has 0 spiro atoms. The molecule has 1 aliphatic heterocycles. The number of ketones is 1. The first kappa shape index (κ1) is 17.1. The van der Waals surface area contributed by atoms with Crippen LogP contribution in [0.3, 0.4) is 0 Å². The summed E-state index contributed by atoms with van der Waals surface area (Å²) in [5, 5.41) is 11.6. The van der Waals surface area contributed by atoms with Crippen molar-refractivity contribution in [1.82, 2.24) is 20.2 Å². The topological polar surface area (TPSA) is 79.1 Å². The highest BCUT2D eigenvalue weighted by molar-refractivity contribution is 5.99. The molecule has 0 saturated carbocycles. The normalized spacial score (nSPS) is 13.1. The van der Waals surface area contributed by atoms with Crippen LogP contribution in [0.2, 0.25) is 0 Å². The molecule has 0 atom stereocenters. The minimum Gasteiger partial charge on any atom is -0.492 e. The highest BCUT2D eigenvalue weighted by Gasteiger charge is 2.22. The van der Waals surface area contributed by atoms with Crippen LogP contribution >= 0.6 is 0 Å². The average Bonchev–Trinajstić information content (AvgIpc) is 3.14. The highest BCUT2D eigenvalue weighted by Crippen LogP contribution is 2.32. The largest absolute Gasteiger partial charge is 0.492 e. The van der Waals surface area contributed by atoms with E-state index in [9.17, 15) is 9.18 Å². The van der Waals surface area contributed by atoms with Crippen LogP contribution in [0.5, 0.6) is 11.5 Å². The molecule has 1 aliphatic rings. The molecule has 8 heteroatoms. The van der Waals surface area contributed by atoms with Gasteiger partial charge >= 0.3 is 0 Å². The SMILES string of the molecule is O=C1CCOc2cc(OCc3nnnn3CCc3ccccc3)c(F)cc21. The van der Waals surface area contributed by atoms with Crippen LogP contribution < -0.4 is 9.47 Å². The molecule has 2 heterocycles. The third-order valence-corrected chi connectivity index (χ3v) is 4.34. The maximum absolute atomic E-state index is 14.3. The second kappa shape index (κ2) is 7.53. The Hall–Kier alpha value is -3.29. The van der Waals surface area contributed by atoms with Gasteiger partial charge in [-0.05, 0) is 28.5 Å². The van der Waals surface area contributed by atoms with Crippen LogP contribution in [-0.2, 0) is 19.6 Å². The number of rotatable bonds is 6. The summed E-state index contributed by atoms with van der Waals surface area (Å²) in [6.45, 7) is 0.875. The molecule has 0 bridgehead atoms. The Morgan fingerprint density at radius 3 is 2.93 bits per heavy atom. The molecule has 7 nitrogen and oxygen atoms in total. The molecular weight excluding hydrogens is 351 g/mol. The van der Waals surface area contributed by atoms with Crippen LogP contribution in [0.1, 0.15) is 28.2 Å². The monoisotopic (exact) mass is 368 g/mol. The number of carbonyl (C=O) groups is 1. The van der Waals surface area contributed by atoms with Crippen LogP contribution in [0, 0.1) is 5.82 Å². The second-order valence-electron chi connectivity index (χ2n) is 6.14. The lowest BCUT2D eigenvalue weighted by molar-refractivity contribution is 0.0932. The molecule has 0 radical (unpaired) electrons. The lowest BCUT2D eigenvalue weighted by atomic mass is 10.0. The van der Waals surface area contributed by atoms with E-state index < -0.39 is 5.82 Å². The van der Waals surface area contributed by atoms with Crippen LogP contribution in [0.25, 0.3) is 0 Å². The third-order valence-electron chi connectivity index (χ3n) is 4.34. The first-order valence-electron chi connectivity index (χ1n) is 8.62. The summed E-state index contributed by atoms with van der Waals surface area (Å²) in [5.74, 6) is 0.0786. The fraction of sp³-hybridized carbons (Fsp3) is 0.263. The van der Waals surface area contributed by atoms with Gasteiger partial charge in [0.25, 0.3) is 0 Å². The lowest BCUT2D eigenvalue weighted by Crippen LogP contribution is -2.16. The van der Waals surface area contributed by atoms with Crippen molar-refractivity contribution >= 4 is 5.78 Å². The van der Waals surface area contributed by atoms with Crippen molar-refractivity contribution in [1.29, 1.82) is 0 Å². The van der Waals surface area contributed by atoms with E-state index in [0.717, 1.165) is 12.5 Å². The molecule has 3 aromatic rings. The number of tetrazole rings is 1. The number of hydrogen-bond acceptors (Lipinski definition) is 6. The first-order chi connectivity index (χ1) is 13.2. The van der Waals surface area contributed by atoms with Gasteiger partial charge in [-0.3, -0.25) is 4.79 Å². The van der Waals surface area contributed by atoms with Gasteiger partial charge in [0, 0.05) is 19.0 Å². The Balaban J connectivity index is 1.44. The van der Waals surface area contributed by atoms with E-state index in [1.54, 1.807) is 4.68 Å². The molecule has 0 unspecified atom stereocenters. The van der Waals surface area contributed by atoms with Crippen molar-refractivity contribution in [2.75, 3.05) is 6.61 Å². The van der Waals surface area contributed by atoms with E-state index in [4.69, 9.17) is 9.47 Å². The summed E-state index contributed by atoms with van der Waals surface area (Å²) in [7, 11) is 0. The van der Waals surface area contributed by atoms with Crippen LogP contribution in [0.4, 0.5) is 4.39 Å². The van der Waals surface area contributed by atoms with Gasteiger partial charge in [0.05, 0.1) is 12.2 Å². The Kier molecular flexibility index (Phi) is 4.78. The highest BCUT2D eigenvalue weighted by atomic mass is 19.1. The Morgan fingerprint density at radius 1 is 1.22 bits per heavy atom. The van der Waals surface area contributed by atoms with Gasteiger partial charge < -0.3 is 9.47 Å². The van der Waals surface area contributed by atoms with Gasteiger partial charge in [-0.1, -0.05) is 30.3 Å². The van der Waals surface area contributed by atoms with Crippen molar-refractivity contribution in [3.05, 3.63) is 65.2 Å². The molecule has 2 aromatic carbocycles. The van der Waals surface area contributed by atoms with Gasteiger partial charge in [0.15, 0.2) is 23.2 Å². The van der Waals surface area contributed by atoms with E-state index >= 15 is 0 Å². The third kappa shape index (κ3) is 3.79.